The molecule has 0 saturated carbocycles. The van der Waals surface area contributed by atoms with Crippen molar-refractivity contribution in [3.8, 4) is 11.5 Å². The largest absolute Gasteiger partial charge is 0.497 e. The van der Waals surface area contributed by atoms with Crippen molar-refractivity contribution in [1.29, 1.82) is 0 Å². The molecule has 0 aliphatic rings. The average Bonchev–Trinajstić information content (AvgIpc) is 2.64. The van der Waals surface area contributed by atoms with E-state index in [4.69, 9.17) is 9.47 Å². The van der Waals surface area contributed by atoms with Gasteiger partial charge in [-0.25, -0.2) is 0 Å². The number of amides is 1. The lowest BCUT2D eigenvalue weighted by atomic mass is 10.1. The van der Waals surface area contributed by atoms with Gasteiger partial charge in [-0.05, 0) is 55.7 Å². The summed E-state index contributed by atoms with van der Waals surface area (Å²) in [5.74, 6) is 0.519. The van der Waals surface area contributed by atoms with Crippen molar-refractivity contribution in [3.05, 3.63) is 59.2 Å². The minimum Gasteiger partial charge on any atom is -0.497 e. The van der Waals surface area contributed by atoms with Crippen molar-refractivity contribution in [1.82, 2.24) is 5.32 Å². The molecule has 28 heavy (non-hydrogen) atoms. The van der Waals surface area contributed by atoms with E-state index in [1.54, 1.807) is 27.0 Å². The number of methoxy groups -OCH3 is 1. The molecule has 0 atom stereocenters. The third-order valence-electron chi connectivity index (χ3n) is 4.01. The molecule has 2 rings (SSSR count). The van der Waals surface area contributed by atoms with Crippen LogP contribution in [0.4, 0.5) is 13.2 Å². The smallest absolute Gasteiger partial charge is 0.416 e. The summed E-state index contributed by atoms with van der Waals surface area (Å²) in [6, 6.07) is 11.1. The van der Waals surface area contributed by atoms with E-state index in [-0.39, 0.29) is 36.3 Å². The first-order valence-electron chi connectivity index (χ1n) is 8.95. The molecule has 0 fully saturated rings. The first-order chi connectivity index (χ1) is 13.2. The molecule has 0 aromatic heterocycles. The van der Waals surface area contributed by atoms with Crippen LogP contribution >= 0.6 is 0 Å². The van der Waals surface area contributed by atoms with Gasteiger partial charge >= 0.3 is 6.18 Å². The maximum atomic E-state index is 13.4. The Labute approximate surface area is 162 Å². The molecule has 0 aliphatic carbocycles. The van der Waals surface area contributed by atoms with Crippen LogP contribution in [0, 0.1) is 0 Å². The second-order valence-electron chi connectivity index (χ2n) is 6.61. The Bertz CT molecular complexity index is 804. The Balaban J connectivity index is 1.99. The molecule has 2 aromatic rings. The highest BCUT2D eigenvalue weighted by Crippen LogP contribution is 2.34. The lowest BCUT2D eigenvalue weighted by molar-refractivity contribution is -0.138. The summed E-state index contributed by atoms with van der Waals surface area (Å²) in [4.78, 5) is 12.1. The number of halogens is 3. The number of benzene rings is 2. The maximum Gasteiger partial charge on any atom is 0.416 e. The zero-order valence-electron chi connectivity index (χ0n) is 16.1. The van der Waals surface area contributed by atoms with Crippen molar-refractivity contribution in [2.24, 2.45) is 0 Å². The highest BCUT2D eigenvalue weighted by Gasteiger charge is 2.33. The molecule has 1 N–H and O–H groups in total. The van der Waals surface area contributed by atoms with E-state index in [2.05, 4.69) is 5.32 Å². The second kappa shape index (κ2) is 9.48. The number of nitrogens with one attached hydrogen (secondary N) is 1. The molecule has 0 unspecified atom stereocenters. The molecule has 4 nitrogen and oxygen atoms in total. The van der Waals surface area contributed by atoms with Crippen molar-refractivity contribution in [2.45, 2.75) is 45.5 Å². The lowest BCUT2D eigenvalue weighted by Gasteiger charge is -2.17. The van der Waals surface area contributed by atoms with E-state index in [0.717, 1.165) is 11.6 Å². The van der Waals surface area contributed by atoms with Crippen molar-refractivity contribution in [3.63, 3.8) is 0 Å². The van der Waals surface area contributed by atoms with Crippen molar-refractivity contribution >= 4 is 5.91 Å². The van der Waals surface area contributed by atoms with Gasteiger partial charge in [-0.2, -0.15) is 13.2 Å². The van der Waals surface area contributed by atoms with Crippen LogP contribution in [0.3, 0.4) is 0 Å². The SMILES string of the molecule is COc1cccc(CCC(=O)NCc2ccc(OC(C)C)cc2C(F)(F)F)c1. The fourth-order valence-electron chi connectivity index (χ4n) is 2.69. The summed E-state index contributed by atoms with van der Waals surface area (Å²) < 4.78 is 50.5. The van der Waals surface area contributed by atoms with Crippen molar-refractivity contribution in [2.75, 3.05) is 7.11 Å². The summed E-state index contributed by atoms with van der Waals surface area (Å²) in [6.45, 7) is 3.28. The molecule has 1 amide bonds. The van der Waals surface area contributed by atoms with E-state index >= 15 is 0 Å². The van der Waals surface area contributed by atoms with E-state index in [1.807, 2.05) is 18.2 Å². The van der Waals surface area contributed by atoms with Gasteiger partial charge in [0, 0.05) is 13.0 Å². The second-order valence-corrected chi connectivity index (χ2v) is 6.61. The normalized spacial score (nSPS) is 11.4. The fraction of sp³-hybridized carbons (Fsp3) is 0.381. The van der Waals surface area contributed by atoms with E-state index < -0.39 is 11.7 Å². The van der Waals surface area contributed by atoms with Gasteiger partial charge in [-0.1, -0.05) is 18.2 Å². The van der Waals surface area contributed by atoms with Crippen LogP contribution in [-0.4, -0.2) is 19.1 Å². The Kier molecular flexibility index (Phi) is 7.31. The van der Waals surface area contributed by atoms with Gasteiger partial charge in [0.05, 0.1) is 18.8 Å². The summed E-state index contributed by atoms with van der Waals surface area (Å²) >= 11 is 0. The molecule has 0 bridgehead atoms. The predicted molar refractivity (Wildman–Crippen MR) is 100 cm³/mol. The Hall–Kier alpha value is -2.70. The average molecular weight is 395 g/mol. The van der Waals surface area contributed by atoms with Crippen LogP contribution in [-0.2, 0) is 23.9 Å². The third kappa shape index (κ3) is 6.48. The summed E-state index contributed by atoms with van der Waals surface area (Å²) in [5.41, 5.74) is 0.109. The summed E-state index contributed by atoms with van der Waals surface area (Å²) in [6.07, 6.45) is -4.13. The molecule has 152 valence electrons. The van der Waals surface area contributed by atoms with Crippen LogP contribution in [0.2, 0.25) is 0 Å². The third-order valence-corrected chi connectivity index (χ3v) is 4.01. The van der Waals surface area contributed by atoms with E-state index in [9.17, 15) is 18.0 Å². The molecular weight excluding hydrogens is 371 g/mol. The zero-order chi connectivity index (χ0) is 20.7. The number of hydrogen-bond donors (Lipinski definition) is 1. The molecule has 0 spiro atoms. The maximum absolute atomic E-state index is 13.4. The van der Waals surface area contributed by atoms with Crippen LogP contribution in [0.15, 0.2) is 42.5 Å². The topological polar surface area (TPSA) is 47.6 Å². The van der Waals surface area contributed by atoms with Crippen LogP contribution in [0.5, 0.6) is 11.5 Å². The molecule has 0 aliphatic heterocycles. The monoisotopic (exact) mass is 395 g/mol. The molecule has 0 heterocycles. The quantitative estimate of drug-likeness (QED) is 0.702. The lowest BCUT2D eigenvalue weighted by Crippen LogP contribution is -2.24. The Morgan fingerprint density at radius 1 is 1.11 bits per heavy atom. The fourth-order valence-corrected chi connectivity index (χ4v) is 2.69. The van der Waals surface area contributed by atoms with E-state index in [0.29, 0.717) is 12.2 Å². The van der Waals surface area contributed by atoms with Gasteiger partial charge < -0.3 is 14.8 Å². The predicted octanol–water partition coefficient (Wildman–Crippen LogP) is 4.75. The van der Waals surface area contributed by atoms with Gasteiger partial charge in [-0.3, -0.25) is 4.79 Å². The summed E-state index contributed by atoms with van der Waals surface area (Å²) in [5, 5.41) is 2.56. The van der Waals surface area contributed by atoms with Crippen molar-refractivity contribution < 1.29 is 27.4 Å². The van der Waals surface area contributed by atoms with Gasteiger partial charge in [0.1, 0.15) is 11.5 Å². The molecule has 0 radical (unpaired) electrons. The first kappa shape index (κ1) is 21.6. The van der Waals surface area contributed by atoms with E-state index in [1.165, 1.54) is 12.1 Å². The number of rotatable bonds is 8. The van der Waals surface area contributed by atoms with Crippen LogP contribution < -0.4 is 14.8 Å². The number of ether oxygens (including phenoxy) is 2. The van der Waals surface area contributed by atoms with Gasteiger partial charge in [0.15, 0.2) is 0 Å². The molecule has 2 aromatic carbocycles. The zero-order valence-corrected chi connectivity index (χ0v) is 16.1. The number of carbonyl (C=O) groups is 1. The number of carbonyl (C=O) groups excluding carboxylic acids is 1. The number of aryl methyl sites for hydroxylation is 1. The van der Waals surface area contributed by atoms with Gasteiger partial charge in [0.25, 0.3) is 0 Å². The van der Waals surface area contributed by atoms with Gasteiger partial charge in [0.2, 0.25) is 5.91 Å². The standard InChI is InChI=1S/C21H24F3NO3/c1-14(2)28-18-9-8-16(19(12-18)21(22,23)24)13-25-20(26)10-7-15-5-4-6-17(11-15)27-3/h4-6,8-9,11-12,14H,7,10,13H2,1-3H3,(H,25,26). The number of alkyl halides is 3. The van der Waals surface area contributed by atoms with Gasteiger partial charge in [-0.15, -0.1) is 0 Å². The summed E-state index contributed by atoms with van der Waals surface area (Å²) in [7, 11) is 1.56. The first-order valence-corrected chi connectivity index (χ1v) is 8.95. The Morgan fingerprint density at radius 3 is 2.50 bits per heavy atom. The minimum atomic E-state index is -4.53. The number of hydrogen-bond acceptors (Lipinski definition) is 3. The minimum absolute atomic E-state index is 0.00154. The van der Waals surface area contributed by atoms with Crippen LogP contribution in [0.1, 0.15) is 37.0 Å². The van der Waals surface area contributed by atoms with Crippen LogP contribution in [0.25, 0.3) is 0 Å². The molecule has 7 heteroatoms. The molecular formula is C21H24F3NO3. The highest BCUT2D eigenvalue weighted by atomic mass is 19.4. The highest BCUT2D eigenvalue weighted by molar-refractivity contribution is 5.76. The molecule has 0 saturated heterocycles. The Morgan fingerprint density at radius 2 is 1.86 bits per heavy atom.